The lowest BCUT2D eigenvalue weighted by Gasteiger charge is -2.29. The topological polar surface area (TPSA) is 71.1 Å². The molecular weight excluding hydrogens is 319 g/mol. The predicted octanol–water partition coefficient (Wildman–Crippen LogP) is 4.46. The first-order valence-corrected chi connectivity index (χ1v) is 9.85. The van der Waals surface area contributed by atoms with Gasteiger partial charge in [0.15, 0.2) is 0 Å². The summed E-state index contributed by atoms with van der Waals surface area (Å²) in [6.45, 7) is 10.2. The Bertz CT molecular complexity index is 418. The molecule has 7 heteroatoms. The zero-order chi connectivity index (χ0) is 17.3. The zero-order valence-electron chi connectivity index (χ0n) is 14.4. The van der Waals surface area contributed by atoms with E-state index >= 15 is 0 Å². The number of phosphoric ester groups is 1. The maximum Gasteiger partial charge on any atom is 0.529 e. The van der Waals surface area contributed by atoms with Gasteiger partial charge in [0.05, 0.1) is 25.7 Å². The van der Waals surface area contributed by atoms with E-state index in [1.54, 1.807) is 13.8 Å². The van der Waals surface area contributed by atoms with Crippen LogP contribution in [0, 0.1) is 11.8 Å². The van der Waals surface area contributed by atoms with Crippen LogP contribution in [0.25, 0.3) is 0 Å². The largest absolute Gasteiger partial charge is 0.529 e. The first kappa shape index (κ1) is 20.2. The van der Waals surface area contributed by atoms with Crippen LogP contribution in [0.4, 0.5) is 0 Å². The number of ether oxygens (including phenoxy) is 1. The van der Waals surface area contributed by atoms with Crippen molar-refractivity contribution in [1.29, 1.82) is 0 Å². The summed E-state index contributed by atoms with van der Waals surface area (Å²) in [6.07, 6.45) is 3.79. The van der Waals surface area contributed by atoms with Crippen molar-refractivity contribution in [1.82, 2.24) is 0 Å². The third kappa shape index (κ3) is 6.66. The van der Waals surface area contributed by atoms with Crippen LogP contribution in [0.5, 0.6) is 0 Å². The van der Waals surface area contributed by atoms with E-state index < -0.39 is 7.82 Å². The monoisotopic (exact) mass is 348 g/mol. The second-order valence-corrected chi connectivity index (χ2v) is 7.15. The van der Waals surface area contributed by atoms with Gasteiger partial charge in [-0.3, -0.25) is 13.8 Å². The summed E-state index contributed by atoms with van der Waals surface area (Å²) in [5, 5.41) is 0. The molecule has 0 N–H and O–H groups in total. The van der Waals surface area contributed by atoms with Crippen molar-refractivity contribution < 1.29 is 27.7 Å². The van der Waals surface area contributed by atoms with Crippen LogP contribution < -0.4 is 0 Å². The minimum absolute atomic E-state index is 0.0551. The molecule has 0 aromatic heterocycles. The molecule has 134 valence electrons. The Morgan fingerprint density at radius 2 is 1.57 bits per heavy atom. The number of carbonyl (C=O) groups excluding carboxylic acids is 1. The van der Waals surface area contributed by atoms with Crippen LogP contribution in [0.2, 0.25) is 0 Å². The molecule has 23 heavy (non-hydrogen) atoms. The first-order valence-electron chi connectivity index (χ1n) is 8.39. The SMILES string of the molecule is C=C(OP(=O)(OCC)OCC)C1CCC(C(=O)OCCC)CC1. The molecule has 0 heterocycles. The number of esters is 1. The van der Waals surface area contributed by atoms with Gasteiger partial charge in [0.25, 0.3) is 0 Å². The first-order chi connectivity index (χ1) is 11.0. The molecular formula is C16H29O6P. The average molecular weight is 348 g/mol. The quantitative estimate of drug-likeness (QED) is 0.330. The number of hydrogen-bond donors (Lipinski definition) is 0. The van der Waals surface area contributed by atoms with Crippen molar-refractivity contribution in [3.8, 4) is 0 Å². The Morgan fingerprint density at radius 1 is 1.04 bits per heavy atom. The maximum atomic E-state index is 12.4. The Morgan fingerprint density at radius 3 is 2.04 bits per heavy atom. The van der Waals surface area contributed by atoms with Gasteiger partial charge in [0.1, 0.15) is 5.76 Å². The third-order valence-corrected chi connectivity index (χ3v) is 5.37. The van der Waals surface area contributed by atoms with Crippen LogP contribution in [-0.4, -0.2) is 25.8 Å². The van der Waals surface area contributed by atoms with E-state index in [1.807, 2.05) is 6.92 Å². The molecule has 0 amide bonds. The number of carbonyl (C=O) groups is 1. The van der Waals surface area contributed by atoms with Gasteiger partial charge in [-0.2, -0.15) is 0 Å². The molecule has 1 aliphatic rings. The molecule has 0 radical (unpaired) electrons. The predicted molar refractivity (Wildman–Crippen MR) is 87.8 cm³/mol. The summed E-state index contributed by atoms with van der Waals surface area (Å²) in [5.74, 6) is 0.289. The Hall–Kier alpha value is -0.840. The van der Waals surface area contributed by atoms with Crippen molar-refractivity contribution in [2.24, 2.45) is 11.8 Å². The smallest absolute Gasteiger partial charge is 0.465 e. The van der Waals surface area contributed by atoms with E-state index in [1.165, 1.54) is 0 Å². The maximum absolute atomic E-state index is 12.4. The highest BCUT2D eigenvalue weighted by Gasteiger charge is 2.33. The number of allylic oxidation sites excluding steroid dienone is 1. The number of hydrogen-bond acceptors (Lipinski definition) is 6. The van der Waals surface area contributed by atoms with Crippen molar-refractivity contribution in [2.75, 3.05) is 19.8 Å². The summed E-state index contributed by atoms with van der Waals surface area (Å²) in [4.78, 5) is 11.9. The molecule has 1 rings (SSSR count). The molecule has 0 spiro atoms. The van der Waals surface area contributed by atoms with Gasteiger partial charge in [-0.1, -0.05) is 13.5 Å². The molecule has 0 atom stereocenters. The number of rotatable bonds is 10. The van der Waals surface area contributed by atoms with Gasteiger partial charge < -0.3 is 9.26 Å². The molecule has 0 aliphatic heterocycles. The molecule has 1 saturated carbocycles. The minimum Gasteiger partial charge on any atom is -0.465 e. The van der Waals surface area contributed by atoms with Gasteiger partial charge in [0.2, 0.25) is 0 Å². The van der Waals surface area contributed by atoms with Gasteiger partial charge in [-0.15, -0.1) is 0 Å². The molecule has 1 fully saturated rings. The van der Waals surface area contributed by atoms with E-state index in [-0.39, 0.29) is 31.0 Å². The van der Waals surface area contributed by atoms with Gasteiger partial charge in [-0.25, -0.2) is 4.57 Å². The standard InChI is InChI=1S/C16H29O6P/c1-5-12-19-16(17)15-10-8-14(9-11-15)13(4)22-23(18,20-6-2)21-7-3/h14-15H,4-12H2,1-3H3. The lowest BCUT2D eigenvalue weighted by molar-refractivity contribution is -0.150. The summed E-state index contributed by atoms with van der Waals surface area (Å²) in [7, 11) is -3.58. The van der Waals surface area contributed by atoms with Crippen LogP contribution in [0.15, 0.2) is 12.3 Å². The van der Waals surface area contributed by atoms with Crippen LogP contribution in [-0.2, 0) is 27.7 Å². The molecule has 6 nitrogen and oxygen atoms in total. The molecule has 0 aromatic rings. The van der Waals surface area contributed by atoms with Crippen LogP contribution >= 0.6 is 7.82 Å². The van der Waals surface area contributed by atoms with E-state index in [4.69, 9.17) is 18.3 Å². The summed E-state index contributed by atoms with van der Waals surface area (Å²) < 4.78 is 33.2. The van der Waals surface area contributed by atoms with Gasteiger partial charge >= 0.3 is 13.8 Å². The van der Waals surface area contributed by atoms with Crippen molar-refractivity contribution >= 4 is 13.8 Å². The normalized spacial score (nSPS) is 21.7. The van der Waals surface area contributed by atoms with E-state index in [0.29, 0.717) is 12.4 Å². The van der Waals surface area contributed by atoms with Gasteiger partial charge in [0, 0.05) is 5.92 Å². The highest BCUT2D eigenvalue weighted by Crippen LogP contribution is 2.53. The van der Waals surface area contributed by atoms with Crippen LogP contribution in [0.1, 0.15) is 52.9 Å². The Balaban J connectivity index is 2.48. The summed E-state index contributed by atoms with van der Waals surface area (Å²) in [6, 6.07) is 0. The second-order valence-electron chi connectivity index (χ2n) is 5.56. The minimum atomic E-state index is -3.58. The lowest BCUT2D eigenvalue weighted by Crippen LogP contribution is -2.25. The fourth-order valence-corrected chi connectivity index (χ4v) is 3.84. The highest BCUT2D eigenvalue weighted by molar-refractivity contribution is 7.48. The van der Waals surface area contributed by atoms with Gasteiger partial charge in [-0.05, 0) is 46.0 Å². The third-order valence-electron chi connectivity index (χ3n) is 3.77. The fraction of sp³-hybridized carbons (Fsp3) is 0.812. The molecule has 0 saturated heterocycles. The average Bonchev–Trinajstić information content (AvgIpc) is 2.53. The fourth-order valence-electron chi connectivity index (χ4n) is 2.60. The van der Waals surface area contributed by atoms with E-state index in [2.05, 4.69) is 6.58 Å². The summed E-state index contributed by atoms with van der Waals surface area (Å²) >= 11 is 0. The van der Waals surface area contributed by atoms with Crippen molar-refractivity contribution in [3.63, 3.8) is 0 Å². The zero-order valence-corrected chi connectivity index (χ0v) is 15.3. The summed E-state index contributed by atoms with van der Waals surface area (Å²) in [5.41, 5.74) is 0. The lowest BCUT2D eigenvalue weighted by atomic mass is 9.81. The molecule has 0 aromatic carbocycles. The Kier molecular flexibility index (Phi) is 8.88. The Labute approximate surface area is 139 Å². The van der Waals surface area contributed by atoms with Crippen molar-refractivity contribution in [3.05, 3.63) is 12.3 Å². The number of phosphoric acid groups is 1. The second kappa shape index (κ2) is 10.1. The van der Waals surface area contributed by atoms with Crippen molar-refractivity contribution in [2.45, 2.75) is 52.9 Å². The van der Waals surface area contributed by atoms with E-state index in [0.717, 1.165) is 32.1 Å². The molecule has 1 aliphatic carbocycles. The highest BCUT2D eigenvalue weighted by atomic mass is 31.2. The molecule has 0 unspecified atom stereocenters. The molecule has 0 bridgehead atoms. The van der Waals surface area contributed by atoms with Crippen LogP contribution in [0.3, 0.4) is 0 Å². The van der Waals surface area contributed by atoms with E-state index in [9.17, 15) is 9.36 Å².